The van der Waals surface area contributed by atoms with Crippen LogP contribution in [0.4, 0.5) is 5.69 Å². The fourth-order valence-electron chi connectivity index (χ4n) is 1.81. The number of hydrazone groups is 1. The standard InChI is InChI=1S/C15H12IN3O5/c1-24-13-6-9(5-12(16)14(13)20)8-17-18-15(21)10-3-2-4-11(7-10)19(22)23/h2-8,20H,1H3,(H,18,21)/b17-8+. The topological polar surface area (TPSA) is 114 Å². The van der Waals surface area contributed by atoms with E-state index in [1.165, 1.54) is 31.5 Å². The molecule has 0 radical (unpaired) electrons. The summed E-state index contributed by atoms with van der Waals surface area (Å²) in [7, 11) is 1.43. The zero-order valence-corrected chi connectivity index (χ0v) is 14.6. The van der Waals surface area contributed by atoms with E-state index in [2.05, 4.69) is 10.5 Å². The summed E-state index contributed by atoms with van der Waals surface area (Å²) < 4.78 is 5.60. The molecule has 8 nitrogen and oxygen atoms in total. The molecule has 2 N–H and O–H groups in total. The lowest BCUT2D eigenvalue weighted by molar-refractivity contribution is -0.384. The molecule has 0 saturated heterocycles. The van der Waals surface area contributed by atoms with E-state index in [1.54, 1.807) is 12.1 Å². The Labute approximate surface area is 150 Å². The second kappa shape index (κ2) is 7.73. The third-order valence-corrected chi connectivity index (χ3v) is 3.79. The lowest BCUT2D eigenvalue weighted by atomic mass is 10.2. The molecule has 24 heavy (non-hydrogen) atoms. The van der Waals surface area contributed by atoms with E-state index in [-0.39, 0.29) is 22.7 Å². The van der Waals surface area contributed by atoms with Gasteiger partial charge in [0.2, 0.25) is 0 Å². The molecule has 0 bridgehead atoms. The van der Waals surface area contributed by atoms with Crippen LogP contribution in [0.25, 0.3) is 0 Å². The molecule has 0 aliphatic carbocycles. The molecule has 0 atom stereocenters. The number of nitro benzene ring substituents is 1. The van der Waals surface area contributed by atoms with Gasteiger partial charge >= 0.3 is 0 Å². The number of nitro groups is 1. The number of rotatable bonds is 5. The van der Waals surface area contributed by atoms with Gasteiger partial charge in [0.25, 0.3) is 11.6 Å². The smallest absolute Gasteiger partial charge is 0.271 e. The number of amides is 1. The van der Waals surface area contributed by atoms with Gasteiger partial charge in [0.15, 0.2) is 11.5 Å². The van der Waals surface area contributed by atoms with Gasteiger partial charge in [-0.25, -0.2) is 5.43 Å². The van der Waals surface area contributed by atoms with Crippen molar-refractivity contribution in [1.29, 1.82) is 0 Å². The van der Waals surface area contributed by atoms with E-state index in [9.17, 15) is 20.0 Å². The molecule has 0 aliphatic rings. The Hall–Kier alpha value is -2.69. The molecule has 0 saturated carbocycles. The van der Waals surface area contributed by atoms with Crippen molar-refractivity contribution >= 4 is 40.4 Å². The molecular formula is C15H12IN3O5. The van der Waals surface area contributed by atoms with Crippen LogP contribution in [0.5, 0.6) is 11.5 Å². The summed E-state index contributed by atoms with van der Waals surface area (Å²) in [5.74, 6) is -0.264. The fraction of sp³-hybridized carbons (Fsp3) is 0.0667. The largest absolute Gasteiger partial charge is 0.504 e. The van der Waals surface area contributed by atoms with E-state index in [4.69, 9.17) is 4.74 Å². The van der Waals surface area contributed by atoms with Crippen molar-refractivity contribution in [1.82, 2.24) is 5.43 Å². The van der Waals surface area contributed by atoms with Crippen LogP contribution in [0, 0.1) is 13.7 Å². The highest BCUT2D eigenvalue weighted by Gasteiger charge is 2.11. The van der Waals surface area contributed by atoms with E-state index in [1.807, 2.05) is 22.6 Å². The quantitative estimate of drug-likeness (QED) is 0.321. The molecule has 0 aromatic heterocycles. The maximum Gasteiger partial charge on any atom is 0.271 e. The van der Waals surface area contributed by atoms with Crippen molar-refractivity contribution in [3.05, 3.63) is 61.2 Å². The van der Waals surface area contributed by atoms with Crippen LogP contribution in [0.2, 0.25) is 0 Å². The van der Waals surface area contributed by atoms with Crippen LogP contribution in [0.3, 0.4) is 0 Å². The predicted octanol–water partition coefficient (Wildman–Crippen LogP) is 2.68. The Kier molecular flexibility index (Phi) is 5.68. The summed E-state index contributed by atoms with van der Waals surface area (Å²) in [6.07, 6.45) is 1.37. The Morgan fingerprint density at radius 1 is 1.42 bits per heavy atom. The van der Waals surface area contributed by atoms with Crippen LogP contribution in [0.1, 0.15) is 15.9 Å². The number of carbonyl (C=O) groups is 1. The Morgan fingerprint density at radius 3 is 2.83 bits per heavy atom. The average Bonchev–Trinajstić information content (AvgIpc) is 2.57. The monoisotopic (exact) mass is 441 g/mol. The molecule has 9 heteroatoms. The van der Waals surface area contributed by atoms with Crippen molar-refractivity contribution in [3.63, 3.8) is 0 Å². The van der Waals surface area contributed by atoms with E-state index < -0.39 is 10.8 Å². The van der Waals surface area contributed by atoms with Crippen LogP contribution in [-0.4, -0.2) is 29.3 Å². The Balaban J connectivity index is 2.11. The zero-order chi connectivity index (χ0) is 17.7. The molecule has 0 spiro atoms. The number of methoxy groups -OCH3 is 1. The third kappa shape index (κ3) is 4.19. The molecule has 124 valence electrons. The molecule has 0 unspecified atom stereocenters. The van der Waals surface area contributed by atoms with Gasteiger partial charge in [0.05, 0.1) is 21.8 Å². The van der Waals surface area contributed by atoms with Gasteiger partial charge in [-0.2, -0.15) is 5.10 Å². The van der Waals surface area contributed by atoms with E-state index >= 15 is 0 Å². The first-order valence-electron chi connectivity index (χ1n) is 6.56. The summed E-state index contributed by atoms with van der Waals surface area (Å²) in [4.78, 5) is 22.1. The molecule has 2 aromatic carbocycles. The highest BCUT2D eigenvalue weighted by atomic mass is 127. The zero-order valence-electron chi connectivity index (χ0n) is 12.4. The van der Waals surface area contributed by atoms with Gasteiger partial charge < -0.3 is 9.84 Å². The van der Waals surface area contributed by atoms with Crippen LogP contribution in [-0.2, 0) is 0 Å². The maximum atomic E-state index is 11.9. The lowest BCUT2D eigenvalue weighted by Crippen LogP contribution is -2.17. The van der Waals surface area contributed by atoms with Crippen molar-refractivity contribution in [3.8, 4) is 11.5 Å². The van der Waals surface area contributed by atoms with Crippen LogP contribution in [0.15, 0.2) is 41.5 Å². The van der Waals surface area contributed by atoms with Crippen LogP contribution < -0.4 is 10.2 Å². The van der Waals surface area contributed by atoms with Gasteiger partial charge in [0, 0.05) is 17.7 Å². The van der Waals surface area contributed by atoms with Crippen molar-refractivity contribution < 1.29 is 19.6 Å². The minimum atomic E-state index is -0.579. The predicted molar refractivity (Wildman–Crippen MR) is 95.5 cm³/mol. The summed E-state index contributed by atoms with van der Waals surface area (Å²) in [5.41, 5.74) is 2.84. The van der Waals surface area contributed by atoms with Crippen LogP contribution >= 0.6 is 22.6 Å². The highest BCUT2D eigenvalue weighted by Crippen LogP contribution is 2.31. The van der Waals surface area contributed by atoms with Gasteiger partial charge in [-0.15, -0.1) is 0 Å². The number of hydrogen-bond donors (Lipinski definition) is 2. The number of non-ortho nitro benzene ring substituents is 1. The molecule has 2 rings (SSSR count). The summed E-state index contributed by atoms with van der Waals surface area (Å²) in [5, 5.41) is 24.3. The number of ether oxygens (including phenoxy) is 1. The molecule has 1 amide bonds. The van der Waals surface area contributed by atoms with Crippen molar-refractivity contribution in [2.45, 2.75) is 0 Å². The number of hydrogen-bond acceptors (Lipinski definition) is 6. The first kappa shape index (κ1) is 17.7. The minimum absolute atomic E-state index is 0.0240. The number of halogens is 1. The molecular weight excluding hydrogens is 429 g/mol. The Morgan fingerprint density at radius 2 is 2.17 bits per heavy atom. The van der Waals surface area contributed by atoms with Gasteiger partial charge in [-0.3, -0.25) is 14.9 Å². The maximum absolute atomic E-state index is 11.9. The van der Waals surface area contributed by atoms with Gasteiger partial charge in [-0.1, -0.05) is 6.07 Å². The highest BCUT2D eigenvalue weighted by molar-refractivity contribution is 14.1. The van der Waals surface area contributed by atoms with Gasteiger partial charge in [-0.05, 0) is 46.4 Å². The second-order valence-corrected chi connectivity index (χ2v) is 5.72. The third-order valence-electron chi connectivity index (χ3n) is 2.97. The molecule has 0 fully saturated rings. The SMILES string of the molecule is COc1cc(/C=N/NC(=O)c2cccc([N+](=O)[O-])c2)cc(I)c1O. The molecule has 2 aromatic rings. The molecule has 0 aliphatic heterocycles. The normalized spacial score (nSPS) is 10.6. The number of benzene rings is 2. The summed E-state index contributed by atoms with van der Waals surface area (Å²) >= 11 is 1.94. The number of nitrogens with one attached hydrogen (secondary N) is 1. The number of phenolic OH excluding ortho intramolecular Hbond substituents is 1. The number of phenols is 1. The second-order valence-electron chi connectivity index (χ2n) is 4.56. The lowest BCUT2D eigenvalue weighted by Gasteiger charge is -2.06. The van der Waals surface area contributed by atoms with Gasteiger partial charge in [0.1, 0.15) is 0 Å². The average molecular weight is 441 g/mol. The fourth-order valence-corrected chi connectivity index (χ4v) is 2.44. The van der Waals surface area contributed by atoms with Crippen molar-refractivity contribution in [2.24, 2.45) is 5.10 Å². The summed E-state index contributed by atoms with van der Waals surface area (Å²) in [6.45, 7) is 0. The first-order valence-corrected chi connectivity index (χ1v) is 7.64. The summed E-state index contributed by atoms with van der Waals surface area (Å²) in [6, 6.07) is 8.54. The molecule has 0 heterocycles. The first-order chi connectivity index (χ1) is 11.4. The number of carbonyl (C=O) groups excluding carboxylic acids is 1. The van der Waals surface area contributed by atoms with E-state index in [0.717, 1.165) is 6.07 Å². The number of nitrogens with zero attached hydrogens (tertiary/aromatic N) is 2. The minimum Gasteiger partial charge on any atom is -0.504 e. The van der Waals surface area contributed by atoms with E-state index in [0.29, 0.717) is 9.13 Å². The Bertz CT molecular complexity index is 823. The number of aromatic hydroxyl groups is 1. The van der Waals surface area contributed by atoms with Crippen molar-refractivity contribution in [2.75, 3.05) is 7.11 Å².